The fraction of sp³-hybridized carbons (Fsp3) is 0.429. The van der Waals surface area contributed by atoms with Crippen molar-refractivity contribution in [1.29, 1.82) is 0 Å². The number of aromatic nitrogens is 6. The van der Waals surface area contributed by atoms with E-state index in [1.54, 1.807) is 6.07 Å². The Morgan fingerprint density at radius 2 is 1.87 bits per heavy atom. The standard InChI is InChI=1S/C14H19N7O2/c1-3-5-20-12-10(13(22)21(6-4-2)14(20)23)16-11(17-12)8-7-9(15)19-18-8/h7H,3-6H2,1-2H3,(H,16,17)(H3,15,18,19). The third kappa shape index (κ3) is 2.43. The number of aryl methyl sites for hydroxylation is 1. The van der Waals surface area contributed by atoms with Gasteiger partial charge in [0.15, 0.2) is 11.5 Å². The highest BCUT2D eigenvalue weighted by atomic mass is 16.2. The van der Waals surface area contributed by atoms with Crippen molar-refractivity contribution >= 4 is 17.0 Å². The Labute approximate surface area is 131 Å². The number of nitrogens with one attached hydrogen (secondary N) is 2. The van der Waals surface area contributed by atoms with E-state index >= 15 is 0 Å². The van der Waals surface area contributed by atoms with Gasteiger partial charge in [-0.05, 0) is 12.8 Å². The van der Waals surface area contributed by atoms with E-state index in [1.807, 2.05) is 13.8 Å². The number of imidazole rings is 1. The maximum Gasteiger partial charge on any atom is 0.332 e. The first-order chi connectivity index (χ1) is 11.1. The minimum absolute atomic E-state index is 0.315. The summed E-state index contributed by atoms with van der Waals surface area (Å²) in [7, 11) is 0. The van der Waals surface area contributed by atoms with Gasteiger partial charge < -0.3 is 10.7 Å². The second-order valence-corrected chi connectivity index (χ2v) is 5.38. The van der Waals surface area contributed by atoms with E-state index in [2.05, 4.69) is 20.2 Å². The van der Waals surface area contributed by atoms with Gasteiger partial charge in [-0.1, -0.05) is 13.8 Å². The molecule has 0 unspecified atom stereocenters. The SMILES string of the molecule is CCCn1c(=O)c2[nH]c(-c3cc(N)n[nH]3)nc2n(CCC)c1=O. The summed E-state index contributed by atoms with van der Waals surface area (Å²) in [5.41, 5.74) is 6.16. The fourth-order valence-electron chi connectivity index (χ4n) is 2.60. The molecular weight excluding hydrogens is 298 g/mol. The Hall–Kier alpha value is -2.84. The first kappa shape index (κ1) is 15.1. The number of rotatable bonds is 5. The Kier molecular flexibility index (Phi) is 3.77. The van der Waals surface area contributed by atoms with Crippen LogP contribution in [0, 0.1) is 0 Å². The molecule has 3 heterocycles. The molecular formula is C14H19N7O2. The average molecular weight is 317 g/mol. The van der Waals surface area contributed by atoms with E-state index in [0.717, 1.165) is 6.42 Å². The number of hydrogen-bond acceptors (Lipinski definition) is 5. The molecule has 0 aliphatic rings. The molecule has 0 saturated heterocycles. The molecule has 0 radical (unpaired) electrons. The summed E-state index contributed by atoms with van der Waals surface area (Å²) in [6.45, 7) is 4.76. The van der Waals surface area contributed by atoms with Crippen LogP contribution in [0.15, 0.2) is 15.7 Å². The Balaban J connectivity index is 2.31. The van der Waals surface area contributed by atoms with Gasteiger partial charge in [-0.2, -0.15) is 5.10 Å². The summed E-state index contributed by atoms with van der Waals surface area (Å²) < 4.78 is 2.79. The molecule has 0 saturated carbocycles. The lowest BCUT2D eigenvalue weighted by Gasteiger charge is -2.09. The van der Waals surface area contributed by atoms with Crippen LogP contribution >= 0.6 is 0 Å². The van der Waals surface area contributed by atoms with Crippen LogP contribution in [0.4, 0.5) is 5.82 Å². The number of nitrogens with two attached hydrogens (primary N) is 1. The summed E-state index contributed by atoms with van der Waals surface area (Å²) >= 11 is 0. The summed E-state index contributed by atoms with van der Waals surface area (Å²) in [5.74, 6) is 0.759. The summed E-state index contributed by atoms with van der Waals surface area (Å²) in [4.78, 5) is 32.5. The van der Waals surface area contributed by atoms with E-state index in [-0.39, 0.29) is 11.2 Å². The van der Waals surface area contributed by atoms with Gasteiger partial charge in [-0.3, -0.25) is 19.0 Å². The zero-order valence-electron chi connectivity index (χ0n) is 13.1. The van der Waals surface area contributed by atoms with Crippen LogP contribution in [-0.2, 0) is 13.1 Å². The summed E-state index contributed by atoms with van der Waals surface area (Å²) in [5, 5.41) is 6.59. The molecule has 9 heteroatoms. The van der Waals surface area contributed by atoms with Gasteiger partial charge in [-0.25, -0.2) is 9.78 Å². The molecule has 0 amide bonds. The Morgan fingerprint density at radius 3 is 2.48 bits per heavy atom. The fourth-order valence-corrected chi connectivity index (χ4v) is 2.60. The number of anilines is 1. The lowest BCUT2D eigenvalue weighted by Crippen LogP contribution is -2.40. The highest BCUT2D eigenvalue weighted by Gasteiger charge is 2.17. The molecule has 4 N–H and O–H groups in total. The molecule has 0 aromatic carbocycles. The van der Waals surface area contributed by atoms with Crippen molar-refractivity contribution in [1.82, 2.24) is 29.3 Å². The lowest BCUT2D eigenvalue weighted by molar-refractivity contribution is 0.555. The highest BCUT2D eigenvalue weighted by molar-refractivity contribution is 5.75. The van der Waals surface area contributed by atoms with Gasteiger partial charge >= 0.3 is 5.69 Å². The number of hydrogen-bond donors (Lipinski definition) is 3. The topological polar surface area (TPSA) is 127 Å². The van der Waals surface area contributed by atoms with Crippen LogP contribution in [0.3, 0.4) is 0 Å². The second kappa shape index (κ2) is 5.75. The molecule has 3 aromatic rings. The number of H-pyrrole nitrogens is 2. The molecule has 3 rings (SSSR count). The smallest absolute Gasteiger partial charge is 0.332 e. The lowest BCUT2D eigenvalue weighted by atomic mass is 10.4. The maximum absolute atomic E-state index is 12.6. The molecule has 0 atom stereocenters. The number of nitrogens with zero attached hydrogens (tertiary/aromatic N) is 4. The largest absolute Gasteiger partial charge is 0.382 e. The Bertz CT molecular complexity index is 960. The molecule has 0 fully saturated rings. The van der Waals surface area contributed by atoms with Crippen molar-refractivity contribution in [2.75, 3.05) is 5.73 Å². The molecule has 3 aromatic heterocycles. The first-order valence-corrected chi connectivity index (χ1v) is 7.61. The predicted octanol–water partition coefficient (Wildman–Crippen LogP) is 0.679. The maximum atomic E-state index is 12.6. The Morgan fingerprint density at radius 1 is 1.17 bits per heavy atom. The van der Waals surface area contributed by atoms with Crippen molar-refractivity contribution in [2.45, 2.75) is 39.8 Å². The molecule has 9 nitrogen and oxygen atoms in total. The summed E-state index contributed by atoms with van der Waals surface area (Å²) in [6.07, 6.45) is 1.46. The zero-order chi connectivity index (χ0) is 16.6. The van der Waals surface area contributed by atoms with Gasteiger partial charge in [0.25, 0.3) is 5.56 Å². The average Bonchev–Trinajstić information content (AvgIpc) is 3.14. The molecule has 0 bridgehead atoms. The van der Waals surface area contributed by atoms with E-state index in [4.69, 9.17) is 5.73 Å². The molecule has 0 aliphatic heterocycles. The molecule has 0 aliphatic carbocycles. The van der Waals surface area contributed by atoms with Crippen LogP contribution in [0.25, 0.3) is 22.7 Å². The van der Waals surface area contributed by atoms with Crippen molar-refractivity contribution in [3.05, 3.63) is 26.9 Å². The van der Waals surface area contributed by atoms with Crippen LogP contribution in [-0.4, -0.2) is 29.3 Å². The van der Waals surface area contributed by atoms with E-state index in [1.165, 1.54) is 9.13 Å². The predicted molar refractivity (Wildman–Crippen MR) is 87.2 cm³/mol. The van der Waals surface area contributed by atoms with Crippen molar-refractivity contribution in [2.24, 2.45) is 0 Å². The van der Waals surface area contributed by atoms with Crippen molar-refractivity contribution in [3.8, 4) is 11.5 Å². The zero-order valence-corrected chi connectivity index (χ0v) is 13.1. The third-order valence-corrected chi connectivity index (χ3v) is 3.61. The molecule has 122 valence electrons. The van der Waals surface area contributed by atoms with E-state index < -0.39 is 0 Å². The minimum Gasteiger partial charge on any atom is -0.382 e. The van der Waals surface area contributed by atoms with Gasteiger partial charge in [0.05, 0.1) is 0 Å². The van der Waals surface area contributed by atoms with Gasteiger partial charge in [0.2, 0.25) is 0 Å². The quantitative estimate of drug-likeness (QED) is 0.637. The summed E-state index contributed by atoms with van der Waals surface area (Å²) in [6, 6.07) is 1.62. The van der Waals surface area contributed by atoms with Gasteiger partial charge in [0, 0.05) is 19.2 Å². The van der Waals surface area contributed by atoms with Crippen LogP contribution in [0.1, 0.15) is 26.7 Å². The molecule has 0 spiro atoms. The minimum atomic E-state index is -0.356. The van der Waals surface area contributed by atoms with Crippen molar-refractivity contribution in [3.63, 3.8) is 0 Å². The molecule has 23 heavy (non-hydrogen) atoms. The van der Waals surface area contributed by atoms with E-state index in [0.29, 0.717) is 48.0 Å². The van der Waals surface area contributed by atoms with Crippen LogP contribution < -0.4 is 17.0 Å². The highest BCUT2D eigenvalue weighted by Crippen LogP contribution is 2.17. The van der Waals surface area contributed by atoms with Crippen molar-refractivity contribution < 1.29 is 0 Å². The normalized spacial score (nSPS) is 11.4. The monoisotopic (exact) mass is 317 g/mol. The number of nitrogen functional groups attached to an aromatic ring is 1. The van der Waals surface area contributed by atoms with Crippen LogP contribution in [0.5, 0.6) is 0 Å². The second-order valence-electron chi connectivity index (χ2n) is 5.38. The van der Waals surface area contributed by atoms with Gasteiger partial charge in [0.1, 0.15) is 17.0 Å². The van der Waals surface area contributed by atoms with Gasteiger partial charge in [-0.15, -0.1) is 0 Å². The van der Waals surface area contributed by atoms with Crippen LogP contribution in [0.2, 0.25) is 0 Å². The number of fused-ring (bicyclic) bond motifs is 1. The third-order valence-electron chi connectivity index (χ3n) is 3.61. The number of aromatic amines is 2. The van der Waals surface area contributed by atoms with E-state index in [9.17, 15) is 9.59 Å². The first-order valence-electron chi connectivity index (χ1n) is 7.61.